The molecule has 6 nitrogen and oxygen atoms in total. The molecule has 0 atom stereocenters. The normalized spacial score (nSPS) is 11.2. The molecule has 0 unspecified atom stereocenters. The third kappa shape index (κ3) is 5.31. The molecule has 0 saturated carbocycles. The maximum Gasteiger partial charge on any atom is 0.191 e. The zero-order valence-electron chi connectivity index (χ0n) is 14.8. The first kappa shape index (κ1) is 18.5. The van der Waals surface area contributed by atoms with Gasteiger partial charge in [0, 0.05) is 37.9 Å². The highest BCUT2D eigenvalue weighted by molar-refractivity contribution is 5.79. The van der Waals surface area contributed by atoms with Crippen LogP contribution in [-0.2, 0) is 13.1 Å². The Morgan fingerprint density at radius 2 is 2.12 bits per heavy atom. The number of guanidine groups is 1. The summed E-state index contributed by atoms with van der Waals surface area (Å²) in [5.74, 6) is 0.251. The van der Waals surface area contributed by atoms with Gasteiger partial charge in [0.15, 0.2) is 5.96 Å². The Bertz CT molecular complexity index is 787. The van der Waals surface area contributed by atoms with E-state index in [1.54, 1.807) is 13.1 Å². The molecule has 1 heterocycles. The second-order valence-electron chi connectivity index (χ2n) is 5.77. The lowest BCUT2D eigenvalue weighted by molar-refractivity contribution is 0.554. The molecule has 1 aromatic carbocycles. The number of nitrogens with one attached hydrogen (secondary N) is 2. The minimum atomic E-state index is -0.341. The Morgan fingerprint density at radius 1 is 1.32 bits per heavy atom. The number of aliphatic imine (C=N–C) groups is 1. The third-order valence-electron chi connectivity index (χ3n) is 3.79. The van der Waals surface area contributed by atoms with Crippen molar-refractivity contribution < 1.29 is 4.39 Å². The Hall–Kier alpha value is -2.88. The number of hydrogen-bond acceptors (Lipinski definition) is 3. The molecular weight excluding hydrogens is 319 g/mol. The van der Waals surface area contributed by atoms with Crippen LogP contribution in [0.4, 0.5) is 4.39 Å². The first-order valence-corrected chi connectivity index (χ1v) is 8.17. The number of halogens is 1. The molecule has 132 valence electrons. The summed E-state index contributed by atoms with van der Waals surface area (Å²) in [7, 11) is 1.67. The summed E-state index contributed by atoms with van der Waals surface area (Å²) in [5.41, 5.74) is 3.04. The molecule has 0 aliphatic carbocycles. The quantitative estimate of drug-likeness (QED) is 0.479. The topological polar surface area (TPSA) is 78.0 Å². The highest BCUT2D eigenvalue weighted by Crippen LogP contribution is 2.09. The summed E-state index contributed by atoms with van der Waals surface area (Å²) < 4.78 is 15.8. The van der Waals surface area contributed by atoms with Gasteiger partial charge in [-0.3, -0.25) is 9.67 Å². The molecule has 0 amide bonds. The van der Waals surface area contributed by atoms with Crippen LogP contribution in [0.15, 0.2) is 29.3 Å². The fourth-order valence-electron chi connectivity index (χ4n) is 2.52. The van der Waals surface area contributed by atoms with Crippen LogP contribution in [0.2, 0.25) is 0 Å². The van der Waals surface area contributed by atoms with Crippen molar-refractivity contribution >= 4 is 5.96 Å². The van der Waals surface area contributed by atoms with Crippen molar-refractivity contribution in [1.82, 2.24) is 20.4 Å². The largest absolute Gasteiger partial charge is 0.356 e. The van der Waals surface area contributed by atoms with Gasteiger partial charge in [-0.05, 0) is 44.5 Å². The van der Waals surface area contributed by atoms with Crippen molar-refractivity contribution in [2.24, 2.45) is 4.99 Å². The summed E-state index contributed by atoms with van der Waals surface area (Å²) in [6.07, 6.45) is 0.890. The van der Waals surface area contributed by atoms with Gasteiger partial charge in [-0.25, -0.2) is 4.39 Å². The predicted octanol–water partition coefficient (Wildman–Crippen LogP) is 2.27. The molecule has 0 aliphatic heterocycles. The van der Waals surface area contributed by atoms with Crippen molar-refractivity contribution in [3.05, 3.63) is 52.6 Å². The predicted molar refractivity (Wildman–Crippen MR) is 95.6 cm³/mol. The Labute approximate surface area is 147 Å². The smallest absolute Gasteiger partial charge is 0.191 e. The first-order chi connectivity index (χ1) is 12.0. The van der Waals surface area contributed by atoms with Crippen LogP contribution in [-0.4, -0.2) is 29.3 Å². The molecule has 0 spiro atoms. The zero-order chi connectivity index (χ0) is 18.2. The minimum absolute atomic E-state index is 0.262. The van der Waals surface area contributed by atoms with E-state index in [1.807, 2.05) is 24.6 Å². The lowest BCUT2D eigenvalue weighted by atomic mass is 10.1. The van der Waals surface area contributed by atoms with Crippen LogP contribution in [0.5, 0.6) is 0 Å². The maximum atomic E-state index is 13.8. The molecule has 25 heavy (non-hydrogen) atoms. The second kappa shape index (κ2) is 8.83. The van der Waals surface area contributed by atoms with Gasteiger partial charge in [-0.1, -0.05) is 0 Å². The molecule has 0 aliphatic rings. The van der Waals surface area contributed by atoms with Gasteiger partial charge in [0.05, 0.1) is 17.3 Å². The van der Waals surface area contributed by atoms with E-state index in [4.69, 9.17) is 5.26 Å². The minimum Gasteiger partial charge on any atom is -0.356 e. The number of hydrogen-bond donors (Lipinski definition) is 2. The van der Waals surface area contributed by atoms with Gasteiger partial charge in [-0.15, -0.1) is 0 Å². The van der Waals surface area contributed by atoms with E-state index in [9.17, 15) is 4.39 Å². The van der Waals surface area contributed by atoms with E-state index in [0.29, 0.717) is 17.1 Å². The van der Waals surface area contributed by atoms with Gasteiger partial charge in [-0.2, -0.15) is 10.4 Å². The van der Waals surface area contributed by atoms with Crippen molar-refractivity contribution in [1.29, 1.82) is 5.26 Å². The number of aromatic nitrogens is 2. The molecule has 0 fully saturated rings. The number of nitriles is 1. The number of aryl methyl sites for hydroxylation is 3. The van der Waals surface area contributed by atoms with Crippen LogP contribution in [0.1, 0.15) is 28.9 Å². The number of benzene rings is 1. The number of nitrogens with zero attached hydrogens (tertiary/aromatic N) is 4. The lowest BCUT2D eigenvalue weighted by Crippen LogP contribution is -2.37. The highest BCUT2D eigenvalue weighted by Gasteiger charge is 2.05. The molecule has 1 aromatic heterocycles. The SMILES string of the molecule is CN=C(NCCCn1nc(C)cc1C)NCc1cc(C#N)ccc1F. The van der Waals surface area contributed by atoms with Gasteiger partial charge >= 0.3 is 0 Å². The van der Waals surface area contributed by atoms with Crippen LogP contribution < -0.4 is 10.6 Å². The monoisotopic (exact) mass is 342 g/mol. The summed E-state index contributed by atoms with van der Waals surface area (Å²) in [6.45, 7) is 5.82. The maximum absolute atomic E-state index is 13.8. The molecule has 0 bridgehead atoms. The van der Waals surface area contributed by atoms with E-state index in [-0.39, 0.29) is 12.4 Å². The summed E-state index contributed by atoms with van der Waals surface area (Å²) in [6, 6.07) is 8.37. The van der Waals surface area contributed by atoms with Crippen molar-refractivity contribution in [3.63, 3.8) is 0 Å². The zero-order valence-corrected chi connectivity index (χ0v) is 14.8. The van der Waals surface area contributed by atoms with Gasteiger partial charge in [0.2, 0.25) is 0 Å². The number of rotatable bonds is 6. The fraction of sp³-hybridized carbons (Fsp3) is 0.389. The van der Waals surface area contributed by atoms with Gasteiger partial charge in [0.1, 0.15) is 5.82 Å². The summed E-state index contributed by atoms with van der Waals surface area (Å²) >= 11 is 0. The molecule has 2 rings (SSSR count). The molecule has 7 heteroatoms. The van der Waals surface area contributed by atoms with Crippen LogP contribution in [0.25, 0.3) is 0 Å². The summed E-state index contributed by atoms with van der Waals surface area (Å²) in [5, 5.41) is 19.6. The molecule has 0 saturated heterocycles. The van der Waals surface area contributed by atoms with E-state index in [0.717, 1.165) is 30.9 Å². The Balaban J connectivity index is 1.79. The van der Waals surface area contributed by atoms with Crippen molar-refractivity contribution in [2.75, 3.05) is 13.6 Å². The van der Waals surface area contributed by atoms with Crippen LogP contribution in [0.3, 0.4) is 0 Å². The average molecular weight is 342 g/mol. The molecule has 2 aromatic rings. The van der Waals surface area contributed by atoms with E-state index >= 15 is 0 Å². The fourth-order valence-corrected chi connectivity index (χ4v) is 2.52. The van der Waals surface area contributed by atoms with E-state index < -0.39 is 0 Å². The van der Waals surface area contributed by atoms with Crippen LogP contribution >= 0.6 is 0 Å². The van der Waals surface area contributed by atoms with Crippen LogP contribution in [0, 0.1) is 31.0 Å². The highest BCUT2D eigenvalue weighted by atomic mass is 19.1. The third-order valence-corrected chi connectivity index (χ3v) is 3.79. The second-order valence-corrected chi connectivity index (χ2v) is 5.77. The van der Waals surface area contributed by atoms with Gasteiger partial charge in [0.25, 0.3) is 0 Å². The first-order valence-electron chi connectivity index (χ1n) is 8.17. The standard InChI is InChI=1S/C18H23FN6/c1-13-9-14(2)25(24-13)8-4-7-22-18(21-3)23-12-16-10-15(11-20)5-6-17(16)19/h5-6,9-10H,4,7-8,12H2,1-3H3,(H2,21,22,23). The van der Waals surface area contributed by atoms with Crippen molar-refractivity contribution in [2.45, 2.75) is 33.4 Å². The Morgan fingerprint density at radius 3 is 2.76 bits per heavy atom. The average Bonchev–Trinajstić information content (AvgIpc) is 2.93. The lowest BCUT2D eigenvalue weighted by Gasteiger charge is -2.13. The molecule has 0 radical (unpaired) electrons. The molecular formula is C18H23FN6. The van der Waals surface area contributed by atoms with E-state index in [2.05, 4.69) is 26.8 Å². The van der Waals surface area contributed by atoms with Crippen molar-refractivity contribution in [3.8, 4) is 6.07 Å². The van der Waals surface area contributed by atoms with Gasteiger partial charge < -0.3 is 10.6 Å². The summed E-state index contributed by atoms with van der Waals surface area (Å²) in [4.78, 5) is 4.13. The van der Waals surface area contributed by atoms with E-state index in [1.165, 1.54) is 12.1 Å². The Kier molecular flexibility index (Phi) is 6.52. The molecule has 2 N–H and O–H groups in total.